The number of aromatic nitrogens is 1. The van der Waals surface area contributed by atoms with Gasteiger partial charge in [-0.05, 0) is 68.1 Å². The number of fused-ring (bicyclic) bond motifs is 1. The maximum Gasteiger partial charge on any atom is 0.259 e. The van der Waals surface area contributed by atoms with E-state index in [0.29, 0.717) is 31.1 Å². The summed E-state index contributed by atoms with van der Waals surface area (Å²) in [5, 5.41) is 9.84. The van der Waals surface area contributed by atoms with Crippen molar-refractivity contribution in [2.45, 2.75) is 51.8 Å². The largest absolute Gasteiger partial charge is 0.472 e. The van der Waals surface area contributed by atoms with Crippen LogP contribution in [0.25, 0.3) is 5.57 Å². The van der Waals surface area contributed by atoms with E-state index in [1.165, 1.54) is 11.6 Å². The van der Waals surface area contributed by atoms with Crippen molar-refractivity contribution in [2.75, 3.05) is 26.7 Å². The number of halogens is 1. The molecule has 1 aliphatic heterocycles. The normalized spacial score (nSPS) is 21.5. The summed E-state index contributed by atoms with van der Waals surface area (Å²) in [5.74, 6) is -0.0823. The molecular weight excluding hydrogens is 433 g/mol. The summed E-state index contributed by atoms with van der Waals surface area (Å²) in [6, 6.07) is 8.17. The molecule has 0 bridgehead atoms. The molecular formula is C27H34FN3O3. The standard InChI is InChI=1S/C27H34FN3O3/c1-18-14-31(19(2)17-32)27(33)24-12-22(21-8-4-5-9-21)13-29-26(24)34-25(18)16-30(3)15-20-7-6-10-23(28)11-20/h6-8,10-13,18-19,25,32H,4-5,9,14-17H2,1-3H3/t18-,19-,25+/m0/s1. The minimum atomic E-state index is -0.319. The summed E-state index contributed by atoms with van der Waals surface area (Å²) in [4.78, 5) is 21.9. The van der Waals surface area contributed by atoms with Crippen molar-refractivity contribution < 1.29 is 19.0 Å². The monoisotopic (exact) mass is 467 g/mol. The predicted octanol–water partition coefficient (Wildman–Crippen LogP) is 4.14. The van der Waals surface area contributed by atoms with Gasteiger partial charge in [0.2, 0.25) is 5.88 Å². The Morgan fingerprint density at radius 2 is 2.18 bits per heavy atom. The first kappa shape index (κ1) is 24.4. The molecule has 0 unspecified atom stereocenters. The van der Waals surface area contributed by atoms with Gasteiger partial charge in [-0.15, -0.1) is 0 Å². The summed E-state index contributed by atoms with van der Waals surface area (Å²) in [6.07, 6.45) is 6.91. The quantitative estimate of drug-likeness (QED) is 0.663. The molecule has 1 aromatic carbocycles. The number of nitrogens with zero attached hydrogens (tertiary/aromatic N) is 3. The van der Waals surface area contributed by atoms with Crippen LogP contribution in [0.2, 0.25) is 0 Å². The van der Waals surface area contributed by atoms with Gasteiger partial charge in [0.15, 0.2) is 0 Å². The second kappa shape index (κ2) is 10.7. The summed E-state index contributed by atoms with van der Waals surface area (Å²) in [7, 11) is 1.98. The summed E-state index contributed by atoms with van der Waals surface area (Å²) >= 11 is 0. The van der Waals surface area contributed by atoms with E-state index in [4.69, 9.17) is 4.74 Å². The SMILES string of the molecule is C[C@H]1CN([C@@H](C)CO)C(=O)c2cc(C3=CCCC3)cnc2O[C@@H]1CN(C)Cc1cccc(F)c1. The highest BCUT2D eigenvalue weighted by Gasteiger charge is 2.34. The highest BCUT2D eigenvalue weighted by molar-refractivity contribution is 5.97. The lowest BCUT2D eigenvalue weighted by molar-refractivity contribution is 0.0325. The molecule has 0 saturated carbocycles. The molecule has 0 spiro atoms. The van der Waals surface area contributed by atoms with Gasteiger partial charge in [-0.25, -0.2) is 9.37 Å². The molecule has 1 aliphatic carbocycles. The molecule has 3 atom stereocenters. The van der Waals surface area contributed by atoms with Crippen molar-refractivity contribution in [3.8, 4) is 5.88 Å². The number of hydrogen-bond donors (Lipinski definition) is 1. The number of pyridine rings is 1. The van der Waals surface area contributed by atoms with Crippen LogP contribution < -0.4 is 4.74 Å². The van der Waals surface area contributed by atoms with Crippen LogP contribution in [0.5, 0.6) is 5.88 Å². The average molecular weight is 468 g/mol. The maximum atomic E-state index is 13.6. The predicted molar refractivity (Wildman–Crippen MR) is 130 cm³/mol. The highest BCUT2D eigenvalue weighted by Crippen LogP contribution is 2.32. The fourth-order valence-electron chi connectivity index (χ4n) is 4.75. The van der Waals surface area contributed by atoms with Crippen LogP contribution in [0.3, 0.4) is 0 Å². The third-order valence-corrected chi connectivity index (χ3v) is 6.77. The van der Waals surface area contributed by atoms with Gasteiger partial charge in [-0.2, -0.15) is 0 Å². The van der Waals surface area contributed by atoms with Crippen molar-refractivity contribution in [1.29, 1.82) is 0 Å². The van der Waals surface area contributed by atoms with Gasteiger partial charge in [-0.1, -0.05) is 25.1 Å². The number of ether oxygens (including phenoxy) is 1. The van der Waals surface area contributed by atoms with Gasteiger partial charge in [0.1, 0.15) is 17.5 Å². The zero-order valence-electron chi connectivity index (χ0n) is 20.2. The van der Waals surface area contributed by atoms with Gasteiger partial charge in [0.25, 0.3) is 5.91 Å². The third kappa shape index (κ3) is 5.47. The van der Waals surface area contributed by atoms with Crippen molar-refractivity contribution in [1.82, 2.24) is 14.8 Å². The van der Waals surface area contributed by atoms with E-state index < -0.39 is 0 Å². The Hall–Kier alpha value is -2.77. The van der Waals surface area contributed by atoms with E-state index >= 15 is 0 Å². The lowest BCUT2D eigenvalue weighted by Gasteiger charge is -2.37. The first-order valence-corrected chi connectivity index (χ1v) is 12.1. The molecule has 2 aliphatic rings. The molecule has 1 N–H and O–H groups in total. The number of rotatable bonds is 7. The zero-order valence-corrected chi connectivity index (χ0v) is 20.2. The first-order chi connectivity index (χ1) is 16.4. The fourth-order valence-corrected chi connectivity index (χ4v) is 4.75. The molecule has 182 valence electrons. The Labute approximate surface area is 201 Å². The molecule has 2 heterocycles. The van der Waals surface area contributed by atoms with Crippen LogP contribution in [-0.4, -0.2) is 64.7 Å². The number of carbonyl (C=O) groups is 1. The molecule has 1 aromatic heterocycles. The maximum absolute atomic E-state index is 13.6. The first-order valence-electron chi connectivity index (χ1n) is 12.1. The molecule has 0 radical (unpaired) electrons. The van der Waals surface area contributed by atoms with E-state index in [-0.39, 0.29) is 36.4 Å². The molecule has 4 rings (SSSR count). The molecule has 0 fully saturated rings. The minimum Gasteiger partial charge on any atom is -0.472 e. The van der Waals surface area contributed by atoms with Crippen LogP contribution in [0.1, 0.15) is 54.6 Å². The summed E-state index contributed by atoms with van der Waals surface area (Å²) in [5.41, 5.74) is 3.50. The van der Waals surface area contributed by atoms with Crippen molar-refractivity contribution >= 4 is 11.5 Å². The van der Waals surface area contributed by atoms with Crippen LogP contribution in [-0.2, 0) is 6.54 Å². The molecule has 1 amide bonds. The van der Waals surface area contributed by atoms with E-state index in [1.807, 2.05) is 33.0 Å². The van der Waals surface area contributed by atoms with Gasteiger partial charge in [0, 0.05) is 31.7 Å². The number of aliphatic hydroxyl groups excluding tert-OH is 1. The minimum absolute atomic E-state index is 0.0000708. The lowest BCUT2D eigenvalue weighted by Crippen LogP contribution is -2.49. The third-order valence-electron chi connectivity index (χ3n) is 6.77. The number of allylic oxidation sites excluding steroid dienone is 2. The second-order valence-electron chi connectivity index (χ2n) is 9.65. The number of amides is 1. The smallest absolute Gasteiger partial charge is 0.259 e. The number of aliphatic hydroxyl groups is 1. The average Bonchev–Trinajstić information content (AvgIpc) is 3.35. The Kier molecular flexibility index (Phi) is 7.63. The van der Waals surface area contributed by atoms with Gasteiger partial charge in [-0.3, -0.25) is 9.69 Å². The number of likely N-dealkylation sites (N-methyl/N-ethyl adjacent to an activating group) is 1. The summed E-state index contributed by atoms with van der Waals surface area (Å²) < 4.78 is 20.0. The highest BCUT2D eigenvalue weighted by atomic mass is 19.1. The molecule has 2 aromatic rings. The van der Waals surface area contributed by atoms with E-state index in [1.54, 1.807) is 23.2 Å². The van der Waals surface area contributed by atoms with E-state index in [9.17, 15) is 14.3 Å². The Morgan fingerprint density at radius 3 is 2.88 bits per heavy atom. The Balaban J connectivity index is 1.62. The van der Waals surface area contributed by atoms with Crippen molar-refractivity contribution in [2.24, 2.45) is 5.92 Å². The van der Waals surface area contributed by atoms with Gasteiger partial charge in [0.05, 0.1) is 12.6 Å². The molecule has 6 nitrogen and oxygen atoms in total. The number of benzene rings is 1. The summed E-state index contributed by atoms with van der Waals surface area (Å²) in [6.45, 7) is 5.42. The van der Waals surface area contributed by atoms with Crippen LogP contribution >= 0.6 is 0 Å². The van der Waals surface area contributed by atoms with E-state index in [2.05, 4.69) is 16.0 Å². The molecule has 0 saturated heterocycles. The number of carbonyl (C=O) groups excluding carboxylic acids is 1. The lowest BCUT2D eigenvalue weighted by atomic mass is 9.99. The van der Waals surface area contributed by atoms with Crippen molar-refractivity contribution in [3.05, 3.63) is 65.1 Å². The van der Waals surface area contributed by atoms with Crippen LogP contribution in [0, 0.1) is 11.7 Å². The topological polar surface area (TPSA) is 65.9 Å². The van der Waals surface area contributed by atoms with Crippen LogP contribution in [0.4, 0.5) is 4.39 Å². The van der Waals surface area contributed by atoms with Gasteiger partial charge >= 0.3 is 0 Å². The zero-order chi connectivity index (χ0) is 24.2. The second-order valence-corrected chi connectivity index (χ2v) is 9.65. The molecule has 7 heteroatoms. The van der Waals surface area contributed by atoms with E-state index in [0.717, 1.165) is 30.4 Å². The van der Waals surface area contributed by atoms with Gasteiger partial charge < -0.3 is 14.7 Å². The van der Waals surface area contributed by atoms with Crippen LogP contribution in [0.15, 0.2) is 42.6 Å². The Bertz CT molecular complexity index is 1060. The number of hydrogen-bond acceptors (Lipinski definition) is 5. The molecule has 34 heavy (non-hydrogen) atoms. The van der Waals surface area contributed by atoms with Crippen molar-refractivity contribution in [3.63, 3.8) is 0 Å². The Morgan fingerprint density at radius 1 is 1.35 bits per heavy atom. The fraction of sp³-hybridized carbons (Fsp3) is 0.481.